The Labute approximate surface area is 118 Å². The fourth-order valence-corrected chi connectivity index (χ4v) is 3.73. The van der Waals surface area contributed by atoms with E-state index in [9.17, 15) is 13.2 Å². The molecule has 1 saturated carbocycles. The van der Waals surface area contributed by atoms with E-state index in [0.29, 0.717) is 5.92 Å². The number of carboxylic acid groups (broad SMARTS) is 1. The fraction of sp³-hybridized carbons (Fsp3) is 0.667. The fourth-order valence-electron chi connectivity index (χ4n) is 2.40. The van der Waals surface area contributed by atoms with Crippen LogP contribution in [-0.4, -0.2) is 35.3 Å². The number of carboxylic acids is 1. The molecule has 8 heteroatoms. The summed E-state index contributed by atoms with van der Waals surface area (Å²) in [6.07, 6.45) is 5.45. The van der Waals surface area contributed by atoms with Crippen LogP contribution in [0.15, 0.2) is 17.3 Å². The molecule has 1 aliphatic carbocycles. The molecule has 0 aliphatic heterocycles. The average Bonchev–Trinajstić information content (AvgIpc) is 2.97. The summed E-state index contributed by atoms with van der Waals surface area (Å²) in [4.78, 5) is 10.6. The van der Waals surface area contributed by atoms with Crippen molar-refractivity contribution in [2.45, 2.75) is 50.1 Å². The highest BCUT2D eigenvalue weighted by Crippen LogP contribution is 2.26. The molecule has 0 aromatic carbocycles. The van der Waals surface area contributed by atoms with Crippen molar-refractivity contribution in [1.29, 1.82) is 0 Å². The number of hydrogen-bond donors (Lipinski definition) is 2. The quantitative estimate of drug-likeness (QED) is 0.810. The second kappa shape index (κ2) is 5.92. The summed E-state index contributed by atoms with van der Waals surface area (Å²) in [7, 11) is -3.58. The molecule has 0 bridgehead atoms. The van der Waals surface area contributed by atoms with E-state index in [2.05, 4.69) is 9.82 Å². The van der Waals surface area contributed by atoms with Crippen molar-refractivity contribution in [1.82, 2.24) is 14.5 Å². The van der Waals surface area contributed by atoms with Gasteiger partial charge in [0.2, 0.25) is 10.0 Å². The summed E-state index contributed by atoms with van der Waals surface area (Å²) in [5, 5.41) is 12.5. The third-order valence-corrected chi connectivity index (χ3v) is 5.09. The van der Waals surface area contributed by atoms with E-state index in [4.69, 9.17) is 5.11 Å². The molecule has 1 aliphatic rings. The van der Waals surface area contributed by atoms with Gasteiger partial charge in [-0.2, -0.15) is 5.10 Å². The molecule has 2 rings (SSSR count). The lowest BCUT2D eigenvalue weighted by Gasteiger charge is -2.16. The molecule has 2 N–H and O–H groups in total. The van der Waals surface area contributed by atoms with E-state index in [0.717, 1.165) is 19.3 Å². The van der Waals surface area contributed by atoms with Crippen molar-refractivity contribution < 1.29 is 18.3 Å². The van der Waals surface area contributed by atoms with E-state index in [-0.39, 0.29) is 23.9 Å². The van der Waals surface area contributed by atoms with Crippen LogP contribution in [-0.2, 0) is 21.4 Å². The van der Waals surface area contributed by atoms with Gasteiger partial charge in [0.1, 0.15) is 4.90 Å². The van der Waals surface area contributed by atoms with Crippen LogP contribution in [0.5, 0.6) is 0 Å². The number of hydrogen-bond acceptors (Lipinski definition) is 4. The maximum absolute atomic E-state index is 12.2. The maximum Gasteiger partial charge on any atom is 0.305 e. The minimum Gasteiger partial charge on any atom is -0.481 e. The van der Waals surface area contributed by atoms with Gasteiger partial charge in [-0.3, -0.25) is 9.48 Å². The predicted molar refractivity (Wildman–Crippen MR) is 71.6 cm³/mol. The summed E-state index contributed by atoms with van der Waals surface area (Å²) < 4.78 is 28.4. The zero-order valence-corrected chi connectivity index (χ0v) is 12.1. The number of carbonyl (C=O) groups is 1. The molecule has 112 valence electrons. The first-order valence-electron chi connectivity index (χ1n) is 6.65. The molecule has 0 amide bonds. The smallest absolute Gasteiger partial charge is 0.305 e. The Bertz CT molecular complexity index is 581. The number of aliphatic carboxylic acids is 1. The number of nitrogens with zero attached hydrogens (tertiary/aromatic N) is 2. The van der Waals surface area contributed by atoms with Gasteiger partial charge in [0.15, 0.2) is 0 Å². The Balaban J connectivity index is 2.04. The van der Waals surface area contributed by atoms with E-state index in [1.807, 2.05) is 6.92 Å². The molecule has 0 spiro atoms. The summed E-state index contributed by atoms with van der Waals surface area (Å²) in [6.45, 7) is 2.20. The van der Waals surface area contributed by atoms with Crippen LogP contribution in [0.3, 0.4) is 0 Å². The van der Waals surface area contributed by atoms with Crippen LogP contribution < -0.4 is 4.72 Å². The second-order valence-electron chi connectivity index (χ2n) is 5.22. The van der Waals surface area contributed by atoms with Gasteiger partial charge in [0.25, 0.3) is 0 Å². The summed E-state index contributed by atoms with van der Waals surface area (Å²) in [5.41, 5.74) is 0. The Morgan fingerprint density at radius 2 is 2.30 bits per heavy atom. The van der Waals surface area contributed by atoms with Crippen LogP contribution >= 0.6 is 0 Å². The van der Waals surface area contributed by atoms with Crippen molar-refractivity contribution in [3.05, 3.63) is 12.4 Å². The van der Waals surface area contributed by atoms with Crippen LogP contribution in [0.2, 0.25) is 0 Å². The Morgan fingerprint density at radius 3 is 2.90 bits per heavy atom. The van der Waals surface area contributed by atoms with Crippen LogP contribution in [0.25, 0.3) is 0 Å². The third kappa shape index (κ3) is 3.57. The van der Waals surface area contributed by atoms with Crippen LogP contribution in [0.4, 0.5) is 0 Å². The number of nitrogens with one attached hydrogen (secondary N) is 1. The first kappa shape index (κ1) is 15.0. The van der Waals surface area contributed by atoms with Gasteiger partial charge < -0.3 is 5.11 Å². The number of aromatic nitrogens is 2. The molecule has 0 saturated heterocycles. The molecule has 2 unspecified atom stereocenters. The molecule has 1 heterocycles. The van der Waals surface area contributed by atoms with Crippen LogP contribution in [0, 0.1) is 5.92 Å². The highest BCUT2D eigenvalue weighted by atomic mass is 32.2. The van der Waals surface area contributed by atoms with Gasteiger partial charge >= 0.3 is 5.97 Å². The lowest BCUT2D eigenvalue weighted by atomic mass is 10.1. The maximum atomic E-state index is 12.2. The van der Waals surface area contributed by atoms with Crippen molar-refractivity contribution in [3.8, 4) is 0 Å². The van der Waals surface area contributed by atoms with Gasteiger partial charge in [-0.15, -0.1) is 0 Å². The summed E-state index contributed by atoms with van der Waals surface area (Å²) >= 11 is 0. The van der Waals surface area contributed by atoms with E-state index in [1.165, 1.54) is 17.1 Å². The number of rotatable bonds is 6. The third-order valence-electron chi connectivity index (χ3n) is 3.64. The normalized spacial score (nSPS) is 23.1. The second-order valence-corrected chi connectivity index (χ2v) is 6.93. The molecule has 7 nitrogen and oxygen atoms in total. The lowest BCUT2D eigenvalue weighted by Crippen LogP contribution is -2.36. The first-order chi connectivity index (χ1) is 9.38. The van der Waals surface area contributed by atoms with E-state index >= 15 is 0 Å². The minimum absolute atomic E-state index is 0.0256. The zero-order valence-electron chi connectivity index (χ0n) is 11.3. The first-order valence-corrected chi connectivity index (χ1v) is 8.13. The van der Waals surface area contributed by atoms with Gasteiger partial charge in [-0.25, -0.2) is 13.1 Å². The highest BCUT2D eigenvalue weighted by molar-refractivity contribution is 7.89. The summed E-state index contributed by atoms with van der Waals surface area (Å²) in [5.74, 6) is -0.602. The van der Waals surface area contributed by atoms with E-state index < -0.39 is 16.0 Å². The largest absolute Gasteiger partial charge is 0.481 e. The van der Waals surface area contributed by atoms with Crippen molar-refractivity contribution in [2.24, 2.45) is 5.92 Å². The SMILES string of the molecule is CC1CCCC1NS(=O)(=O)c1cnn(CCC(=O)O)c1. The molecule has 20 heavy (non-hydrogen) atoms. The average molecular weight is 301 g/mol. The highest BCUT2D eigenvalue weighted by Gasteiger charge is 2.28. The zero-order chi connectivity index (χ0) is 14.8. The molecule has 1 aromatic rings. The monoisotopic (exact) mass is 301 g/mol. The van der Waals surface area contributed by atoms with Crippen molar-refractivity contribution >= 4 is 16.0 Å². The Hall–Kier alpha value is -1.41. The Morgan fingerprint density at radius 1 is 1.55 bits per heavy atom. The van der Waals surface area contributed by atoms with E-state index in [1.54, 1.807) is 0 Å². The van der Waals surface area contributed by atoms with Gasteiger partial charge in [-0.05, 0) is 18.8 Å². The molecular weight excluding hydrogens is 282 g/mol. The standard InChI is InChI=1S/C12H19N3O4S/c1-9-3-2-4-11(9)14-20(18,19)10-7-13-15(8-10)6-5-12(16)17/h7-9,11,14H,2-6H2,1H3,(H,16,17). The van der Waals surface area contributed by atoms with Gasteiger partial charge in [0, 0.05) is 12.2 Å². The number of sulfonamides is 1. The molecule has 0 radical (unpaired) electrons. The minimum atomic E-state index is -3.58. The molecular formula is C12H19N3O4S. The predicted octanol–water partition coefficient (Wildman–Crippen LogP) is 0.825. The van der Waals surface area contributed by atoms with Crippen molar-refractivity contribution in [3.63, 3.8) is 0 Å². The van der Waals surface area contributed by atoms with Gasteiger partial charge in [0.05, 0.1) is 19.2 Å². The molecule has 1 aromatic heterocycles. The van der Waals surface area contributed by atoms with Gasteiger partial charge in [-0.1, -0.05) is 13.3 Å². The topological polar surface area (TPSA) is 101 Å². The lowest BCUT2D eigenvalue weighted by molar-refractivity contribution is -0.137. The molecule has 1 fully saturated rings. The molecule has 2 atom stereocenters. The Kier molecular flexibility index (Phi) is 4.44. The van der Waals surface area contributed by atoms with Crippen molar-refractivity contribution in [2.75, 3.05) is 0 Å². The summed E-state index contributed by atoms with van der Waals surface area (Å²) in [6, 6.07) is -0.0256. The van der Waals surface area contributed by atoms with Crippen LogP contribution in [0.1, 0.15) is 32.6 Å². The number of aryl methyl sites for hydroxylation is 1.